The molecule has 2 bridgehead atoms. The standard InChI is InChI=1S/C21H25N3O4/c1-26-19-7-3-6-18(20(19)27-2)23-21(25)24-14-8-9-15(24)12-17(11-14)28-16-5-4-10-22-13-16/h3-7,10,13-15,17H,8-9,11-12H2,1-2H3,(H,23,25). The Kier molecular flexibility index (Phi) is 5.23. The number of hydrogen-bond donors (Lipinski definition) is 1. The molecule has 0 aliphatic carbocycles. The molecule has 3 heterocycles. The molecule has 0 spiro atoms. The fourth-order valence-electron chi connectivity index (χ4n) is 4.33. The molecule has 2 amide bonds. The van der Waals surface area contributed by atoms with Crippen molar-refractivity contribution >= 4 is 11.7 Å². The van der Waals surface area contributed by atoms with E-state index in [2.05, 4.69) is 10.3 Å². The Balaban J connectivity index is 1.44. The van der Waals surface area contributed by atoms with E-state index in [1.807, 2.05) is 29.2 Å². The van der Waals surface area contributed by atoms with Crippen LogP contribution in [0.1, 0.15) is 25.7 Å². The summed E-state index contributed by atoms with van der Waals surface area (Å²) in [7, 11) is 3.15. The minimum atomic E-state index is -0.0983. The quantitative estimate of drug-likeness (QED) is 0.852. The van der Waals surface area contributed by atoms with Crippen LogP contribution in [0.3, 0.4) is 0 Å². The first-order valence-electron chi connectivity index (χ1n) is 9.56. The van der Waals surface area contributed by atoms with Crippen LogP contribution in [-0.2, 0) is 0 Å². The van der Waals surface area contributed by atoms with Gasteiger partial charge in [-0.1, -0.05) is 6.07 Å². The zero-order valence-electron chi connectivity index (χ0n) is 16.1. The summed E-state index contributed by atoms with van der Waals surface area (Å²) in [6.07, 6.45) is 7.23. The van der Waals surface area contributed by atoms with Gasteiger partial charge in [-0.05, 0) is 37.1 Å². The number of urea groups is 1. The minimum Gasteiger partial charge on any atom is -0.493 e. The number of nitrogens with zero attached hydrogens (tertiary/aromatic N) is 2. The highest BCUT2D eigenvalue weighted by Gasteiger charge is 2.44. The van der Waals surface area contributed by atoms with Crippen molar-refractivity contribution in [3.63, 3.8) is 0 Å². The molecule has 2 aromatic rings. The van der Waals surface area contributed by atoms with E-state index in [1.54, 1.807) is 32.7 Å². The molecule has 2 aliphatic heterocycles. The number of amides is 2. The molecule has 2 aliphatic rings. The summed E-state index contributed by atoms with van der Waals surface area (Å²) in [6.45, 7) is 0. The van der Waals surface area contributed by atoms with Gasteiger partial charge in [0.05, 0.1) is 26.1 Å². The van der Waals surface area contributed by atoms with Gasteiger partial charge >= 0.3 is 6.03 Å². The number of carbonyl (C=O) groups excluding carboxylic acids is 1. The number of aromatic nitrogens is 1. The maximum absolute atomic E-state index is 13.0. The maximum atomic E-state index is 13.0. The molecule has 2 saturated heterocycles. The van der Waals surface area contributed by atoms with Gasteiger partial charge in [0.2, 0.25) is 0 Å². The zero-order valence-corrected chi connectivity index (χ0v) is 16.1. The lowest BCUT2D eigenvalue weighted by molar-refractivity contribution is 0.0730. The molecule has 4 rings (SSSR count). The van der Waals surface area contributed by atoms with E-state index in [0.717, 1.165) is 31.4 Å². The number of nitrogens with one attached hydrogen (secondary N) is 1. The lowest BCUT2D eigenvalue weighted by atomic mass is 10.00. The highest BCUT2D eigenvalue weighted by atomic mass is 16.5. The summed E-state index contributed by atoms with van der Waals surface area (Å²) in [5.41, 5.74) is 0.611. The van der Waals surface area contributed by atoms with Crippen LogP contribution in [0.15, 0.2) is 42.7 Å². The average Bonchev–Trinajstić information content (AvgIpc) is 2.99. The highest BCUT2D eigenvalue weighted by Crippen LogP contribution is 2.39. The van der Waals surface area contributed by atoms with Gasteiger partial charge in [0.25, 0.3) is 0 Å². The first-order chi connectivity index (χ1) is 13.7. The van der Waals surface area contributed by atoms with Crippen LogP contribution in [-0.4, -0.2) is 48.3 Å². The number of anilines is 1. The van der Waals surface area contributed by atoms with Crippen LogP contribution in [0.25, 0.3) is 0 Å². The number of rotatable bonds is 5. The number of hydrogen-bond acceptors (Lipinski definition) is 5. The number of benzene rings is 1. The van der Waals surface area contributed by atoms with E-state index in [-0.39, 0.29) is 24.2 Å². The topological polar surface area (TPSA) is 72.9 Å². The summed E-state index contributed by atoms with van der Waals surface area (Å²) < 4.78 is 16.8. The Morgan fingerprint density at radius 2 is 1.89 bits per heavy atom. The monoisotopic (exact) mass is 383 g/mol. The first-order valence-corrected chi connectivity index (χ1v) is 9.56. The molecule has 1 aromatic carbocycles. The van der Waals surface area contributed by atoms with E-state index in [4.69, 9.17) is 14.2 Å². The molecule has 1 N–H and O–H groups in total. The third kappa shape index (κ3) is 3.56. The van der Waals surface area contributed by atoms with Crippen molar-refractivity contribution < 1.29 is 19.0 Å². The number of para-hydroxylation sites is 1. The van der Waals surface area contributed by atoms with Crippen molar-refractivity contribution in [3.8, 4) is 17.2 Å². The Hall–Kier alpha value is -2.96. The second-order valence-electron chi connectivity index (χ2n) is 7.16. The Bertz CT molecular complexity index is 816. The van der Waals surface area contributed by atoms with Gasteiger partial charge in [0, 0.05) is 31.1 Å². The predicted molar refractivity (Wildman–Crippen MR) is 105 cm³/mol. The Morgan fingerprint density at radius 3 is 2.54 bits per heavy atom. The molecule has 1 aromatic heterocycles. The van der Waals surface area contributed by atoms with Crippen LogP contribution in [0.4, 0.5) is 10.5 Å². The van der Waals surface area contributed by atoms with E-state index in [9.17, 15) is 4.79 Å². The third-order valence-corrected chi connectivity index (χ3v) is 5.51. The number of piperidine rings is 1. The van der Waals surface area contributed by atoms with E-state index in [1.165, 1.54) is 0 Å². The van der Waals surface area contributed by atoms with Gasteiger partial charge in [0.15, 0.2) is 11.5 Å². The second-order valence-corrected chi connectivity index (χ2v) is 7.16. The Labute approximate surface area is 164 Å². The number of fused-ring (bicyclic) bond motifs is 2. The highest BCUT2D eigenvalue weighted by molar-refractivity contribution is 5.92. The van der Waals surface area contributed by atoms with Crippen LogP contribution in [0.2, 0.25) is 0 Å². The first kappa shape index (κ1) is 18.4. The van der Waals surface area contributed by atoms with Crippen LogP contribution < -0.4 is 19.5 Å². The number of methoxy groups -OCH3 is 2. The fourth-order valence-corrected chi connectivity index (χ4v) is 4.33. The average molecular weight is 383 g/mol. The van der Waals surface area contributed by atoms with Crippen LogP contribution >= 0.6 is 0 Å². The summed E-state index contributed by atoms with van der Waals surface area (Å²) in [4.78, 5) is 19.1. The van der Waals surface area contributed by atoms with Gasteiger partial charge in [-0.25, -0.2) is 4.79 Å². The summed E-state index contributed by atoms with van der Waals surface area (Å²) in [6, 6.07) is 9.50. The van der Waals surface area contributed by atoms with Gasteiger partial charge in [-0.2, -0.15) is 0 Å². The zero-order chi connectivity index (χ0) is 19.5. The Morgan fingerprint density at radius 1 is 1.11 bits per heavy atom. The fraction of sp³-hybridized carbons (Fsp3) is 0.429. The largest absolute Gasteiger partial charge is 0.493 e. The molecule has 2 atom stereocenters. The predicted octanol–water partition coefficient (Wildman–Crippen LogP) is 3.71. The molecule has 0 radical (unpaired) electrons. The lowest BCUT2D eigenvalue weighted by Crippen LogP contribution is -2.50. The number of pyridine rings is 1. The smallest absolute Gasteiger partial charge is 0.322 e. The molecule has 7 nitrogen and oxygen atoms in total. The molecule has 28 heavy (non-hydrogen) atoms. The molecule has 7 heteroatoms. The number of carbonyl (C=O) groups is 1. The molecular weight excluding hydrogens is 358 g/mol. The molecule has 0 saturated carbocycles. The summed E-state index contributed by atoms with van der Waals surface area (Å²) >= 11 is 0. The van der Waals surface area contributed by atoms with Crippen molar-refractivity contribution in [2.75, 3.05) is 19.5 Å². The molecule has 2 fully saturated rings. The van der Waals surface area contributed by atoms with Crippen LogP contribution in [0.5, 0.6) is 17.2 Å². The van der Waals surface area contributed by atoms with Gasteiger partial charge < -0.3 is 24.4 Å². The van der Waals surface area contributed by atoms with E-state index in [0.29, 0.717) is 17.2 Å². The third-order valence-electron chi connectivity index (χ3n) is 5.51. The lowest BCUT2D eigenvalue weighted by Gasteiger charge is -2.38. The SMILES string of the molecule is COc1cccc(NC(=O)N2C3CCC2CC(Oc2cccnc2)C3)c1OC. The van der Waals surface area contributed by atoms with Gasteiger partial charge in [0.1, 0.15) is 11.9 Å². The maximum Gasteiger partial charge on any atom is 0.322 e. The molecular formula is C21H25N3O4. The van der Waals surface area contributed by atoms with Gasteiger partial charge in [-0.3, -0.25) is 4.98 Å². The number of ether oxygens (including phenoxy) is 3. The van der Waals surface area contributed by atoms with Crippen LogP contribution in [0, 0.1) is 0 Å². The summed E-state index contributed by atoms with van der Waals surface area (Å²) in [5, 5.41) is 3.00. The van der Waals surface area contributed by atoms with Crippen molar-refractivity contribution in [2.45, 2.75) is 43.9 Å². The normalized spacial score (nSPS) is 23.2. The van der Waals surface area contributed by atoms with Crippen molar-refractivity contribution in [2.24, 2.45) is 0 Å². The van der Waals surface area contributed by atoms with E-state index < -0.39 is 0 Å². The molecule has 148 valence electrons. The molecule has 2 unspecified atom stereocenters. The van der Waals surface area contributed by atoms with Gasteiger partial charge in [-0.15, -0.1) is 0 Å². The minimum absolute atomic E-state index is 0.0983. The van der Waals surface area contributed by atoms with Crippen molar-refractivity contribution in [3.05, 3.63) is 42.7 Å². The van der Waals surface area contributed by atoms with E-state index >= 15 is 0 Å². The summed E-state index contributed by atoms with van der Waals surface area (Å²) in [5.74, 6) is 1.90. The van der Waals surface area contributed by atoms with Crippen molar-refractivity contribution in [1.82, 2.24) is 9.88 Å². The second kappa shape index (κ2) is 7.96. The van der Waals surface area contributed by atoms with Crippen molar-refractivity contribution in [1.29, 1.82) is 0 Å².